The zero-order chi connectivity index (χ0) is 57.5. The van der Waals surface area contributed by atoms with Crippen LogP contribution in [0.1, 0.15) is 199 Å². The Labute approximate surface area is 463 Å². The van der Waals surface area contributed by atoms with Crippen LogP contribution in [-0.4, -0.2) is 101 Å². The molecule has 2 rings (SSSR count). The van der Waals surface area contributed by atoms with Gasteiger partial charge in [0.1, 0.15) is 23.0 Å². The van der Waals surface area contributed by atoms with Gasteiger partial charge in [0.15, 0.2) is 0 Å². The quantitative estimate of drug-likeness (QED) is 0.0312. The Morgan fingerprint density at radius 3 is 0.787 bits per heavy atom. The fourth-order valence-corrected chi connectivity index (χ4v) is 6.49. The molecule has 0 atom stereocenters. The van der Waals surface area contributed by atoms with E-state index in [2.05, 4.69) is 121 Å². The fraction of sp³-hybridized carbons (Fsp3) is 0.667. The number of rotatable bonds is 26. The molecule has 0 aromatic heterocycles. The van der Waals surface area contributed by atoms with Crippen LogP contribution in [0.3, 0.4) is 0 Å². The van der Waals surface area contributed by atoms with E-state index in [0.29, 0.717) is 76.5 Å². The molecule has 4 radical (unpaired) electrons. The van der Waals surface area contributed by atoms with Crippen molar-refractivity contribution < 1.29 is 57.1 Å². The van der Waals surface area contributed by atoms with Crippen LogP contribution in [0.4, 0.5) is 0 Å². The van der Waals surface area contributed by atoms with Crippen LogP contribution in [-0.2, 0) is 59.8 Å². The van der Waals surface area contributed by atoms with E-state index in [9.17, 15) is 19.2 Å². The van der Waals surface area contributed by atoms with E-state index in [0.717, 1.165) is 58.1 Å². The van der Waals surface area contributed by atoms with Gasteiger partial charge < -0.3 is 37.9 Å². The molecule has 0 aliphatic heterocycles. The molecule has 2 aromatic rings. The third kappa shape index (κ3) is 26.3. The Balaban J connectivity index is 0. The van der Waals surface area contributed by atoms with Crippen LogP contribution in [0.15, 0.2) is 48.6 Å². The Kier molecular flexibility index (Phi) is 31.8. The molecule has 0 fully saturated rings. The molecule has 0 amide bonds. The van der Waals surface area contributed by atoms with E-state index >= 15 is 0 Å². The van der Waals surface area contributed by atoms with Gasteiger partial charge in [0, 0.05) is 67.5 Å². The molecule has 2 aromatic carbocycles. The first-order chi connectivity index (χ1) is 34.0. The second kappa shape index (κ2) is 32.9. The van der Waals surface area contributed by atoms with Gasteiger partial charge in [-0.1, -0.05) is 110 Å². The van der Waals surface area contributed by atoms with Gasteiger partial charge in [-0.3, -0.25) is 9.59 Å². The third-order valence-corrected chi connectivity index (χ3v) is 12.1. The SMILES string of the molecule is C=C(C)C(=O)OCCCOc1cc(C(C)(C)C)c(OCCCOC(=O)C(=C)C)cc1C(C)(C)C.CCC(C)(C)C(=O)OCCCOc1cc(C(C)(C)C)c(OCCCOC(=O)C(C)(C)CC)cc1C(C)(C)C.[B].[NH]=[Al]. The number of esters is 4. The zero-order valence-corrected chi connectivity index (χ0v) is 51.3. The number of benzene rings is 2. The molecule has 15 heteroatoms. The minimum atomic E-state index is -0.467. The van der Waals surface area contributed by atoms with Crippen molar-refractivity contribution in [1.29, 1.82) is 4.35 Å². The Morgan fingerprint density at radius 2 is 0.613 bits per heavy atom. The topological polar surface area (TPSA) is 166 Å². The van der Waals surface area contributed by atoms with E-state index in [1.165, 1.54) is 0 Å². The van der Waals surface area contributed by atoms with Gasteiger partial charge in [-0.05, 0) is 100 Å². The molecule has 1 N–H and O–H groups in total. The van der Waals surface area contributed by atoms with Crippen LogP contribution in [0.2, 0.25) is 0 Å². The standard InChI is InChI=1S/C32H54O6.C28H42O6.Al.B.HN/c1-13-31(9,10)27(33)37-19-15-17-35-25-21-24(30(6,7)8)26(22-23(25)29(3,4)5)36-18-16-20-38-28(34)32(11,12)14-2;1-19(2)25(29)33-15-11-13-31-23-17-22(28(8,9)10)24(18-21(23)27(5,6)7)32-14-12-16-34-26(30)20(3)4;;;/h21-22H,13-20H2,1-12H3;17-18H,1,3,11-16H2,2,4-10H3;;;1H. The third-order valence-electron chi connectivity index (χ3n) is 12.1. The van der Waals surface area contributed by atoms with Gasteiger partial charge in [-0.15, -0.1) is 0 Å². The maximum atomic E-state index is 12.2. The summed E-state index contributed by atoms with van der Waals surface area (Å²) in [6.07, 6.45) is 3.87. The summed E-state index contributed by atoms with van der Waals surface area (Å²) in [6.45, 7) is 50.6. The summed E-state index contributed by atoms with van der Waals surface area (Å²) in [5, 5.41) is 0. The van der Waals surface area contributed by atoms with Gasteiger partial charge in [-0.2, -0.15) is 0 Å². The molecule has 13 nitrogen and oxygen atoms in total. The monoisotopic (exact) mass is 1060 g/mol. The van der Waals surface area contributed by atoms with Crippen molar-refractivity contribution >= 4 is 48.4 Å². The average molecular weight is 1060 g/mol. The molecule has 0 bridgehead atoms. The Hall–Kier alpha value is -4.60. The Morgan fingerprint density at radius 1 is 0.413 bits per heavy atom. The molecule has 0 unspecified atom stereocenters. The van der Waals surface area contributed by atoms with Gasteiger partial charge in [0.25, 0.3) is 0 Å². The van der Waals surface area contributed by atoms with E-state index in [4.69, 9.17) is 42.2 Å². The summed E-state index contributed by atoms with van der Waals surface area (Å²) in [5.41, 5.74) is 3.33. The number of carbonyl (C=O) groups is 4. The maximum absolute atomic E-state index is 12.2. The Bertz CT molecular complexity index is 1990. The summed E-state index contributed by atoms with van der Waals surface area (Å²) < 4.78 is 51.7. The van der Waals surface area contributed by atoms with E-state index < -0.39 is 10.8 Å². The molecule has 0 heterocycles. The summed E-state index contributed by atoms with van der Waals surface area (Å²) >= 11 is 1.67. The molecule has 0 saturated heterocycles. The first kappa shape index (κ1) is 72.5. The summed E-state index contributed by atoms with van der Waals surface area (Å²) in [7, 11) is 0. The van der Waals surface area contributed by atoms with Crippen LogP contribution in [0, 0.1) is 15.2 Å². The van der Waals surface area contributed by atoms with Crippen molar-refractivity contribution in [2.45, 2.75) is 199 Å². The molecular weight excluding hydrogens is 964 g/mol. The van der Waals surface area contributed by atoms with Crippen molar-refractivity contribution in [2.24, 2.45) is 10.8 Å². The molecule has 0 spiro atoms. The summed E-state index contributed by atoms with van der Waals surface area (Å²) in [4.78, 5) is 47.5. The van der Waals surface area contributed by atoms with Crippen LogP contribution < -0.4 is 18.9 Å². The number of ether oxygens (including phenoxy) is 8. The predicted octanol–water partition coefficient (Wildman–Crippen LogP) is 13.4. The average Bonchev–Trinajstić information content (AvgIpc) is 3.30. The van der Waals surface area contributed by atoms with Gasteiger partial charge in [0.05, 0.1) is 63.7 Å². The van der Waals surface area contributed by atoms with E-state index in [1.54, 1.807) is 29.9 Å². The minimum absolute atomic E-state index is 0. The first-order valence-corrected chi connectivity index (χ1v) is 26.8. The molecule has 0 saturated carbocycles. The van der Waals surface area contributed by atoms with E-state index in [-0.39, 0.29) is 67.2 Å². The zero-order valence-electron chi connectivity index (χ0n) is 50.2. The van der Waals surface area contributed by atoms with Crippen molar-refractivity contribution in [1.82, 2.24) is 0 Å². The number of carbonyl (C=O) groups excluding carboxylic acids is 4. The number of nitrogens with one attached hydrogen (secondary N) is 1. The second-order valence-corrected chi connectivity index (χ2v) is 24.1. The fourth-order valence-electron chi connectivity index (χ4n) is 6.49. The van der Waals surface area contributed by atoms with Crippen molar-refractivity contribution in [3.63, 3.8) is 0 Å². The molecule has 75 heavy (non-hydrogen) atoms. The van der Waals surface area contributed by atoms with Gasteiger partial charge in [-0.25, -0.2) is 9.59 Å². The normalized spacial score (nSPS) is 11.7. The predicted molar refractivity (Wildman–Crippen MR) is 304 cm³/mol. The second-order valence-electron chi connectivity index (χ2n) is 24.1. The van der Waals surface area contributed by atoms with Gasteiger partial charge in [0.2, 0.25) is 0 Å². The van der Waals surface area contributed by atoms with E-state index in [1.807, 2.05) is 41.5 Å². The molecular formula is C60H97AlBNO12. The van der Waals surface area contributed by atoms with Crippen molar-refractivity contribution in [2.75, 3.05) is 52.9 Å². The number of hydrogen-bond acceptors (Lipinski definition) is 13. The number of hydrogen-bond donors (Lipinski definition) is 1. The van der Waals surface area contributed by atoms with Crippen LogP contribution >= 0.6 is 0 Å². The van der Waals surface area contributed by atoms with Crippen LogP contribution in [0.25, 0.3) is 0 Å². The summed E-state index contributed by atoms with van der Waals surface area (Å²) in [6, 6.07) is 8.28. The molecule has 420 valence electrons. The first-order valence-electron chi connectivity index (χ1n) is 26.2. The summed E-state index contributed by atoms with van der Waals surface area (Å²) in [5.74, 6) is 2.13. The molecule has 0 aliphatic rings. The molecule has 0 aliphatic carbocycles. The van der Waals surface area contributed by atoms with Crippen molar-refractivity contribution in [3.8, 4) is 23.0 Å². The van der Waals surface area contributed by atoms with Crippen molar-refractivity contribution in [3.05, 3.63) is 70.8 Å². The van der Waals surface area contributed by atoms with Crippen LogP contribution in [0.5, 0.6) is 23.0 Å². The van der Waals surface area contributed by atoms with Gasteiger partial charge >= 0.3 is 44.3 Å².